The summed E-state index contributed by atoms with van der Waals surface area (Å²) in [6, 6.07) is 0. The van der Waals surface area contributed by atoms with Gasteiger partial charge in [0.2, 0.25) is 0 Å². The molecular weight excluding hydrogens is 287 g/mol. The second-order valence-corrected chi connectivity index (χ2v) is 7.75. The average molecular weight is 320 g/mol. The Morgan fingerprint density at radius 3 is 2.14 bits per heavy atom. The normalized spacial score (nSPS) is 22.0. The zero-order valence-electron chi connectivity index (χ0n) is 13.9. The van der Waals surface area contributed by atoms with Crippen LogP contribution in [0.2, 0.25) is 0 Å². The van der Waals surface area contributed by atoms with Gasteiger partial charge in [-0.15, -0.1) is 0 Å². The quantitative estimate of drug-likeness (QED) is 0.453. The molecule has 1 rings (SSSR count). The van der Waals surface area contributed by atoms with Gasteiger partial charge in [0.15, 0.2) is 0 Å². The Balaban J connectivity index is 3.09. The number of hydrogen-bond donors (Lipinski definition) is 2. The number of unbranched alkanes of at least 4 members (excludes halogenated alkanes) is 2. The van der Waals surface area contributed by atoms with E-state index in [2.05, 4.69) is 13.8 Å². The maximum absolute atomic E-state index is 11.6. The van der Waals surface area contributed by atoms with Crippen LogP contribution in [0.15, 0.2) is 0 Å². The SMILES string of the molecule is CCCCCC(CC)(OP(=O)(O)O)C1(CC)CCCCC1. The van der Waals surface area contributed by atoms with Crippen molar-refractivity contribution in [2.75, 3.05) is 0 Å². The maximum Gasteiger partial charge on any atom is 0.470 e. The zero-order chi connectivity index (χ0) is 16.0. The summed E-state index contributed by atoms with van der Waals surface area (Å²) in [7, 11) is -4.47. The van der Waals surface area contributed by atoms with E-state index in [-0.39, 0.29) is 5.41 Å². The van der Waals surface area contributed by atoms with Crippen molar-refractivity contribution in [2.45, 2.75) is 97.0 Å². The van der Waals surface area contributed by atoms with E-state index < -0.39 is 13.4 Å². The Hall–Kier alpha value is 0.110. The first-order chi connectivity index (χ1) is 9.85. The molecule has 0 saturated heterocycles. The highest BCUT2D eigenvalue weighted by atomic mass is 31.2. The highest BCUT2D eigenvalue weighted by Gasteiger charge is 2.52. The molecule has 0 bridgehead atoms. The van der Waals surface area contributed by atoms with Gasteiger partial charge in [-0.25, -0.2) is 4.57 Å². The first-order valence-electron chi connectivity index (χ1n) is 8.61. The Kier molecular flexibility index (Phi) is 7.39. The van der Waals surface area contributed by atoms with Gasteiger partial charge in [0, 0.05) is 0 Å². The van der Waals surface area contributed by atoms with Crippen molar-refractivity contribution in [3.63, 3.8) is 0 Å². The lowest BCUT2D eigenvalue weighted by Crippen LogP contribution is -2.50. The highest BCUT2D eigenvalue weighted by molar-refractivity contribution is 7.46. The predicted octanol–water partition coefficient (Wildman–Crippen LogP) is 5.19. The van der Waals surface area contributed by atoms with Crippen molar-refractivity contribution in [2.24, 2.45) is 5.41 Å². The first kappa shape index (κ1) is 19.2. The van der Waals surface area contributed by atoms with Crippen LogP contribution < -0.4 is 0 Å². The van der Waals surface area contributed by atoms with E-state index in [4.69, 9.17) is 4.52 Å². The third-order valence-corrected chi connectivity index (χ3v) is 6.09. The summed E-state index contributed by atoms with van der Waals surface area (Å²) < 4.78 is 17.1. The van der Waals surface area contributed by atoms with E-state index in [1.807, 2.05) is 6.92 Å². The lowest BCUT2D eigenvalue weighted by Gasteiger charge is -2.52. The number of rotatable bonds is 9. The zero-order valence-corrected chi connectivity index (χ0v) is 14.8. The fourth-order valence-electron chi connectivity index (χ4n) is 4.27. The third kappa shape index (κ3) is 4.79. The van der Waals surface area contributed by atoms with Gasteiger partial charge in [0.25, 0.3) is 0 Å². The standard InChI is InChI=1S/C16H33O4P/c1-4-7-9-14-16(6-3,20-21(17,18)19)15(5-2)12-10-8-11-13-15/h4-14H2,1-3H3,(H2,17,18,19). The molecule has 0 aromatic rings. The largest absolute Gasteiger partial charge is 0.470 e. The Morgan fingerprint density at radius 2 is 1.71 bits per heavy atom. The summed E-state index contributed by atoms with van der Waals surface area (Å²) in [5.41, 5.74) is -0.745. The minimum atomic E-state index is -4.47. The molecule has 2 N–H and O–H groups in total. The molecule has 1 aliphatic rings. The van der Waals surface area contributed by atoms with Gasteiger partial charge in [-0.2, -0.15) is 0 Å². The first-order valence-corrected chi connectivity index (χ1v) is 10.1. The summed E-state index contributed by atoms with van der Waals surface area (Å²) in [5.74, 6) is 0. The molecule has 21 heavy (non-hydrogen) atoms. The third-order valence-electron chi connectivity index (χ3n) is 5.50. The van der Waals surface area contributed by atoms with Crippen LogP contribution in [0.25, 0.3) is 0 Å². The highest BCUT2D eigenvalue weighted by Crippen LogP contribution is 2.58. The molecule has 1 atom stereocenters. The van der Waals surface area contributed by atoms with E-state index in [0.29, 0.717) is 6.42 Å². The molecule has 1 aliphatic carbocycles. The predicted molar refractivity (Wildman–Crippen MR) is 86.1 cm³/mol. The summed E-state index contributed by atoms with van der Waals surface area (Å²) in [5, 5.41) is 0. The molecule has 0 heterocycles. The van der Waals surface area contributed by atoms with Crippen molar-refractivity contribution in [3.05, 3.63) is 0 Å². The van der Waals surface area contributed by atoms with Crippen molar-refractivity contribution >= 4 is 7.82 Å². The van der Waals surface area contributed by atoms with Crippen LogP contribution in [0.4, 0.5) is 0 Å². The molecule has 0 aromatic heterocycles. The van der Waals surface area contributed by atoms with Gasteiger partial charge in [-0.05, 0) is 37.5 Å². The van der Waals surface area contributed by atoms with Crippen molar-refractivity contribution in [1.82, 2.24) is 0 Å². The van der Waals surface area contributed by atoms with E-state index in [0.717, 1.165) is 57.8 Å². The molecule has 1 unspecified atom stereocenters. The van der Waals surface area contributed by atoms with Gasteiger partial charge in [0.1, 0.15) is 0 Å². The van der Waals surface area contributed by atoms with Gasteiger partial charge < -0.3 is 9.79 Å². The molecule has 1 saturated carbocycles. The molecule has 0 aromatic carbocycles. The number of phosphoric acid groups is 1. The molecule has 1 fully saturated rings. The summed E-state index contributed by atoms with van der Waals surface area (Å²) >= 11 is 0. The van der Waals surface area contributed by atoms with E-state index >= 15 is 0 Å². The molecule has 0 amide bonds. The second kappa shape index (κ2) is 8.10. The van der Waals surface area contributed by atoms with Crippen LogP contribution in [0.5, 0.6) is 0 Å². The molecular formula is C16H33O4P. The summed E-state index contributed by atoms with van der Waals surface area (Å²) in [4.78, 5) is 18.9. The maximum atomic E-state index is 11.6. The molecule has 0 spiro atoms. The number of phosphoric ester groups is 1. The second-order valence-electron chi connectivity index (χ2n) is 6.58. The lowest BCUT2D eigenvalue weighted by atomic mass is 9.59. The minimum absolute atomic E-state index is 0.0745. The molecule has 5 heteroatoms. The molecule has 0 radical (unpaired) electrons. The fraction of sp³-hybridized carbons (Fsp3) is 1.00. The van der Waals surface area contributed by atoms with Crippen molar-refractivity contribution in [1.29, 1.82) is 0 Å². The van der Waals surface area contributed by atoms with Crippen LogP contribution in [0.3, 0.4) is 0 Å². The smallest absolute Gasteiger partial charge is 0.303 e. The van der Waals surface area contributed by atoms with Gasteiger partial charge in [0.05, 0.1) is 5.60 Å². The minimum Gasteiger partial charge on any atom is -0.303 e. The summed E-state index contributed by atoms with van der Waals surface area (Å²) in [6.45, 7) is 6.32. The Bertz CT molecular complexity index is 346. The topological polar surface area (TPSA) is 66.8 Å². The van der Waals surface area contributed by atoms with E-state index in [1.54, 1.807) is 0 Å². The summed E-state index contributed by atoms with van der Waals surface area (Å²) in [6.07, 6.45) is 11.1. The van der Waals surface area contributed by atoms with Crippen molar-refractivity contribution in [3.8, 4) is 0 Å². The van der Waals surface area contributed by atoms with Gasteiger partial charge in [-0.1, -0.05) is 59.3 Å². The molecule has 0 aliphatic heterocycles. The fourth-order valence-corrected chi connectivity index (χ4v) is 5.14. The van der Waals surface area contributed by atoms with E-state index in [9.17, 15) is 14.4 Å². The van der Waals surface area contributed by atoms with Crippen LogP contribution in [0, 0.1) is 5.41 Å². The number of hydrogen-bond acceptors (Lipinski definition) is 2. The van der Waals surface area contributed by atoms with Crippen LogP contribution in [0.1, 0.15) is 91.4 Å². The van der Waals surface area contributed by atoms with Crippen LogP contribution in [-0.4, -0.2) is 15.4 Å². The van der Waals surface area contributed by atoms with Gasteiger partial charge >= 0.3 is 7.82 Å². The van der Waals surface area contributed by atoms with Crippen LogP contribution >= 0.6 is 7.82 Å². The van der Waals surface area contributed by atoms with Crippen molar-refractivity contribution < 1.29 is 18.9 Å². The molecule has 126 valence electrons. The van der Waals surface area contributed by atoms with Crippen LogP contribution in [-0.2, 0) is 9.09 Å². The lowest BCUT2D eigenvalue weighted by molar-refractivity contribution is -0.108. The van der Waals surface area contributed by atoms with Gasteiger partial charge in [-0.3, -0.25) is 4.52 Å². The van der Waals surface area contributed by atoms with E-state index in [1.165, 1.54) is 6.42 Å². The molecule has 4 nitrogen and oxygen atoms in total. The Morgan fingerprint density at radius 1 is 1.10 bits per heavy atom. The monoisotopic (exact) mass is 320 g/mol. The average Bonchev–Trinajstić information content (AvgIpc) is 2.45. The Labute approximate surface area is 129 Å².